The SMILES string of the molecule is CC(CCNC1CCCN(C)C1)NC(=O)OC(C)(C)C. The summed E-state index contributed by atoms with van der Waals surface area (Å²) >= 11 is 0. The van der Waals surface area contributed by atoms with E-state index >= 15 is 0 Å². The van der Waals surface area contributed by atoms with E-state index in [1.807, 2.05) is 27.7 Å². The van der Waals surface area contributed by atoms with Crippen LogP contribution in [0.5, 0.6) is 0 Å². The second kappa shape index (κ2) is 7.84. The molecule has 1 rings (SSSR count). The van der Waals surface area contributed by atoms with Gasteiger partial charge in [0.25, 0.3) is 0 Å². The van der Waals surface area contributed by atoms with Crippen LogP contribution >= 0.6 is 0 Å². The first-order valence-corrected chi connectivity index (χ1v) is 7.68. The monoisotopic (exact) mass is 285 g/mol. The Morgan fingerprint density at radius 2 is 2.15 bits per heavy atom. The number of nitrogens with zero attached hydrogens (tertiary/aromatic N) is 1. The van der Waals surface area contributed by atoms with Gasteiger partial charge in [-0.25, -0.2) is 4.79 Å². The fourth-order valence-corrected chi connectivity index (χ4v) is 2.42. The molecular weight excluding hydrogens is 254 g/mol. The summed E-state index contributed by atoms with van der Waals surface area (Å²) < 4.78 is 5.24. The molecule has 1 aliphatic heterocycles. The van der Waals surface area contributed by atoms with Crippen LogP contribution in [0.15, 0.2) is 0 Å². The molecule has 0 saturated carbocycles. The lowest BCUT2D eigenvalue weighted by atomic mass is 10.1. The van der Waals surface area contributed by atoms with Gasteiger partial charge in [-0.2, -0.15) is 0 Å². The molecule has 0 aromatic rings. The van der Waals surface area contributed by atoms with Crippen LogP contribution in [0.25, 0.3) is 0 Å². The average Bonchev–Trinajstić information content (AvgIpc) is 2.25. The third kappa shape index (κ3) is 7.70. The molecule has 0 aromatic carbocycles. The topological polar surface area (TPSA) is 53.6 Å². The number of hydrogen-bond acceptors (Lipinski definition) is 4. The largest absolute Gasteiger partial charge is 0.444 e. The molecule has 5 nitrogen and oxygen atoms in total. The second-order valence-corrected chi connectivity index (χ2v) is 6.89. The molecule has 5 heteroatoms. The number of likely N-dealkylation sites (N-methyl/N-ethyl adjacent to an activating group) is 1. The van der Waals surface area contributed by atoms with Crippen molar-refractivity contribution in [1.29, 1.82) is 0 Å². The molecule has 1 heterocycles. The minimum Gasteiger partial charge on any atom is -0.444 e. The molecule has 118 valence electrons. The Morgan fingerprint density at radius 1 is 1.45 bits per heavy atom. The molecule has 2 unspecified atom stereocenters. The lowest BCUT2D eigenvalue weighted by Gasteiger charge is -2.30. The van der Waals surface area contributed by atoms with E-state index in [1.54, 1.807) is 0 Å². The zero-order chi connectivity index (χ0) is 15.2. The number of nitrogens with one attached hydrogen (secondary N) is 2. The van der Waals surface area contributed by atoms with Gasteiger partial charge in [-0.3, -0.25) is 0 Å². The van der Waals surface area contributed by atoms with Crippen LogP contribution < -0.4 is 10.6 Å². The van der Waals surface area contributed by atoms with Crippen molar-refractivity contribution in [2.24, 2.45) is 0 Å². The van der Waals surface area contributed by atoms with Gasteiger partial charge in [-0.05, 0) is 67.1 Å². The summed E-state index contributed by atoms with van der Waals surface area (Å²) in [6.07, 6.45) is 3.10. The molecule has 0 aliphatic carbocycles. The molecular formula is C15H31N3O2. The summed E-state index contributed by atoms with van der Waals surface area (Å²) in [5, 5.41) is 6.44. The van der Waals surface area contributed by atoms with Crippen molar-refractivity contribution < 1.29 is 9.53 Å². The van der Waals surface area contributed by atoms with Gasteiger partial charge in [0.2, 0.25) is 0 Å². The molecule has 1 aliphatic rings. The average molecular weight is 285 g/mol. The van der Waals surface area contributed by atoms with Crippen molar-refractivity contribution in [2.75, 3.05) is 26.7 Å². The maximum atomic E-state index is 11.6. The Kier molecular flexibility index (Phi) is 6.76. The molecule has 0 spiro atoms. The summed E-state index contributed by atoms with van der Waals surface area (Å²) in [5.41, 5.74) is -0.436. The lowest BCUT2D eigenvalue weighted by Crippen LogP contribution is -2.45. The van der Waals surface area contributed by atoms with Crippen LogP contribution in [0.4, 0.5) is 4.79 Å². The summed E-state index contributed by atoms with van der Waals surface area (Å²) in [7, 11) is 2.17. The first kappa shape index (κ1) is 17.2. The normalized spacial score (nSPS) is 22.4. The van der Waals surface area contributed by atoms with Gasteiger partial charge >= 0.3 is 6.09 Å². The van der Waals surface area contributed by atoms with Crippen molar-refractivity contribution >= 4 is 6.09 Å². The predicted molar refractivity (Wildman–Crippen MR) is 82.0 cm³/mol. The van der Waals surface area contributed by atoms with Crippen molar-refractivity contribution in [3.05, 3.63) is 0 Å². The number of carbonyl (C=O) groups excluding carboxylic acids is 1. The van der Waals surface area contributed by atoms with Gasteiger partial charge in [0, 0.05) is 18.6 Å². The summed E-state index contributed by atoms with van der Waals surface area (Å²) in [5.74, 6) is 0. The third-order valence-corrected chi connectivity index (χ3v) is 3.40. The summed E-state index contributed by atoms with van der Waals surface area (Å²) in [6, 6.07) is 0.709. The standard InChI is InChI=1S/C15H31N3O2/c1-12(17-14(19)20-15(2,3)4)8-9-16-13-7-6-10-18(5)11-13/h12-13,16H,6-11H2,1-5H3,(H,17,19). The third-order valence-electron chi connectivity index (χ3n) is 3.40. The van der Waals surface area contributed by atoms with Crippen LogP contribution in [0, 0.1) is 0 Å². The molecule has 2 atom stereocenters. The van der Waals surface area contributed by atoms with E-state index in [2.05, 4.69) is 22.6 Å². The molecule has 0 radical (unpaired) electrons. The van der Waals surface area contributed by atoms with Crippen molar-refractivity contribution in [1.82, 2.24) is 15.5 Å². The molecule has 20 heavy (non-hydrogen) atoms. The van der Waals surface area contributed by atoms with E-state index in [9.17, 15) is 4.79 Å². The van der Waals surface area contributed by atoms with Crippen LogP contribution in [0.3, 0.4) is 0 Å². The highest BCUT2D eigenvalue weighted by Crippen LogP contribution is 2.08. The number of likely N-dealkylation sites (tertiary alicyclic amines) is 1. The Morgan fingerprint density at radius 3 is 2.75 bits per heavy atom. The number of rotatable bonds is 5. The smallest absolute Gasteiger partial charge is 0.407 e. The zero-order valence-electron chi connectivity index (χ0n) is 13.7. The first-order valence-electron chi connectivity index (χ1n) is 7.68. The van der Waals surface area contributed by atoms with Crippen molar-refractivity contribution in [2.45, 2.75) is 64.6 Å². The van der Waals surface area contributed by atoms with Crippen LogP contribution in [0.1, 0.15) is 47.0 Å². The Labute approximate surface area is 123 Å². The number of alkyl carbamates (subject to hydrolysis) is 1. The number of ether oxygens (including phenoxy) is 1. The first-order chi connectivity index (χ1) is 9.26. The summed E-state index contributed by atoms with van der Waals surface area (Å²) in [4.78, 5) is 14.0. The Bertz CT molecular complexity index is 302. The molecule has 0 aromatic heterocycles. The van der Waals surface area contributed by atoms with Gasteiger partial charge in [-0.1, -0.05) is 0 Å². The van der Waals surface area contributed by atoms with E-state index in [4.69, 9.17) is 4.74 Å². The second-order valence-electron chi connectivity index (χ2n) is 6.89. The highest BCUT2D eigenvalue weighted by Gasteiger charge is 2.19. The van der Waals surface area contributed by atoms with Crippen LogP contribution in [-0.4, -0.2) is 55.4 Å². The van der Waals surface area contributed by atoms with Gasteiger partial charge in [0.1, 0.15) is 5.60 Å². The van der Waals surface area contributed by atoms with Crippen LogP contribution in [-0.2, 0) is 4.74 Å². The molecule has 1 saturated heterocycles. The minimum absolute atomic E-state index is 0.124. The Balaban J connectivity index is 2.13. The van der Waals surface area contributed by atoms with Crippen molar-refractivity contribution in [3.8, 4) is 0 Å². The van der Waals surface area contributed by atoms with Gasteiger partial charge in [0.05, 0.1) is 0 Å². The minimum atomic E-state index is -0.436. The quantitative estimate of drug-likeness (QED) is 0.811. The maximum absolute atomic E-state index is 11.6. The highest BCUT2D eigenvalue weighted by molar-refractivity contribution is 5.67. The molecule has 2 N–H and O–H groups in total. The number of carbonyl (C=O) groups is 1. The molecule has 1 fully saturated rings. The zero-order valence-corrected chi connectivity index (χ0v) is 13.7. The number of hydrogen-bond donors (Lipinski definition) is 2. The predicted octanol–water partition coefficient (Wildman–Crippen LogP) is 1.97. The van der Waals surface area contributed by atoms with E-state index < -0.39 is 5.60 Å². The van der Waals surface area contributed by atoms with E-state index in [0.29, 0.717) is 6.04 Å². The fourth-order valence-electron chi connectivity index (χ4n) is 2.42. The Hall–Kier alpha value is -0.810. The van der Waals surface area contributed by atoms with E-state index in [1.165, 1.54) is 19.4 Å². The number of piperidine rings is 1. The van der Waals surface area contributed by atoms with Crippen LogP contribution in [0.2, 0.25) is 0 Å². The lowest BCUT2D eigenvalue weighted by molar-refractivity contribution is 0.0506. The van der Waals surface area contributed by atoms with E-state index in [0.717, 1.165) is 19.5 Å². The maximum Gasteiger partial charge on any atom is 0.407 e. The number of amides is 1. The van der Waals surface area contributed by atoms with Gasteiger partial charge in [-0.15, -0.1) is 0 Å². The van der Waals surface area contributed by atoms with Crippen molar-refractivity contribution in [3.63, 3.8) is 0 Å². The van der Waals surface area contributed by atoms with Gasteiger partial charge < -0.3 is 20.3 Å². The van der Waals surface area contributed by atoms with Gasteiger partial charge in [0.15, 0.2) is 0 Å². The fraction of sp³-hybridized carbons (Fsp3) is 0.933. The molecule has 0 bridgehead atoms. The summed E-state index contributed by atoms with van der Waals surface area (Å²) in [6.45, 7) is 10.9. The van der Waals surface area contributed by atoms with E-state index in [-0.39, 0.29) is 12.1 Å². The molecule has 1 amide bonds. The highest BCUT2D eigenvalue weighted by atomic mass is 16.6.